The number of hydrogen-bond acceptors (Lipinski definition) is 3. The number of carbonyl (C=O) groups excluding carboxylic acids is 3. The van der Waals surface area contributed by atoms with Crippen LogP contribution in [0.1, 0.15) is 26.7 Å². The summed E-state index contributed by atoms with van der Waals surface area (Å²) in [5.74, 6) is -1.84. The Labute approximate surface area is 92.7 Å². The molecule has 5 nitrogen and oxygen atoms in total. The van der Waals surface area contributed by atoms with E-state index in [4.69, 9.17) is 11.6 Å². The van der Waals surface area contributed by atoms with Crippen LogP contribution in [-0.4, -0.2) is 28.6 Å². The Kier molecular flexibility index (Phi) is 3.34. The second-order valence-electron chi connectivity index (χ2n) is 3.40. The van der Waals surface area contributed by atoms with Crippen molar-refractivity contribution in [2.24, 2.45) is 5.41 Å². The van der Waals surface area contributed by atoms with Gasteiger partial charge in [-0.2, -0.15) is 5.01 Å². The van der Waals surface area contributed by atoms with Gasteiger partial charge < -0.3 is 0 Å². The third kappa shape index (κ3) is 1.61. The lowest BCUT2D eigenvalue weighted by Crippen LogP contribution is -2.42. The summed E-state index contributed by atoms with van der Waals surface area (Å²) in [5, 5.41) is 0.725. The van der Waals surface area contributed by atoms with Crippen LogP contribution in [0.15, 0.2) is 0 Å². The van der Waals surface area contributed by atoms with Crippen molar-refractivity contribution < 1.29 is 14.4 Å². The number of amides is 3. The minimum Gasteiger partial charge on any atom is -0.272 e. The standard InChI is InChI=1S/C9H13ClN2O3/c1-3-9(4-2)7(14)11-12(8(9)15)6(13)5-10/h3-5H2,1-2H3,(H,11,14). The van der Waals surface area contributed by atoms with Gasteiger partial charge in [0.15, 0.2) is 0 Å². The van der Waals surface area contributed by atoms with Gasteiger partial charge in [0.25, 0.3) is 17.7 Å². The molecule has 1 aliphatic rings. The van der Waals surface area contributed by atoms with Crippen LogP contribution in [-0.2, 0) is 14.4 Å². The molecule has 0 radical (unpaired) electrons. The van der Waals surface area contributed by atoms with Crippen molar-refractivity contribution >= 4 is 29.3 Å². The van der Waals surface area contributed by atoms with Crippen LogP contribution in [0.5, 0.6) is 0 Å². The fraction of sp³-hybridized carbons (Fsp3) is 0.667. The number of alkyl halides is 1. The summed E-state index contributed by atoms with van der Waals surface area (Å²) in [5.41, 5.74) is 1.16. The maximum absolute atomic E-state index is 11.9. The highest BCUT2D eigenvalue weighted by atomic mass is 35.5. The van der Waals surface area contributed by atoms with E-state index in [9.17, 15) is 14.4 Å². The van der Waals surface area contributed by atoms with Gasteiger partial charge in [0.05, 0.1) is 0 Å². The van der Waals surface area contributed by atoms with Crippen LogP contribution in [0.3, 0.4) is 0 Å². The van der Waals surface area contributed by atoms with Gasteiger partial charge in [0.1, 0.15) is 11.3 Å². The predicted molar refractivity (Wildman–Crippen MR) is 53.7 cm³/mol. The van der Waals surface area contributed by atoms with Crippen molar-refractivity contribution in [3.63, 3.8) is 0 Å². The van der Waals surface area contributed by atoms with E-state index >= 15 is 0 Å². The maximum Gasteiger partial charge on any atom is 0.263 e. The Morgan fingerprint density at radius 3 is 2.27 bits per heavy atom. The molecule has 0 aliphatic carbocycles. The monoisotopic (exact) mass is 232 g/mol. The van der Waals surface area contributed by atoms with Gasteiger partial charge in [0.2, 0.25) is 0 Å². The largest absolute Gasteiger partial charge is 0.272 e. The van der Waals surface area contributed by atoms with Gasteiger partial charge in [-0.15, -0.1) is 11.6 Å². The zero-order valence-corrected chi connectivity index (χ0v) is 9.43. The molecular formula is C9H13ClN2O3. The highest BCUT2D eigenvalue weighted by Gasteiger charge is 2.53. The first kappa shape index (κ1) is 12.0. The van der Waals surface area contributed by atoms with Gasteiger partial charge in [-0.25, -0.2) is 0 Å². The lowest BCUT2D eigenvalue weighted by Gasteiger charge is -2.19. The SMILES string of the molecule is CCC1(CC)C(=O)NN(C(=O)CCl)C1=O. The number of nitrogens with zero attached hydrogens (tertiary/aromatic N) is 1. The van der Waals surface area contributed by atoms with Gasteiger partial charge in [-0.3, -0.25) is 19.8 Å². The lowest BCUT2D eigenvalue weighted by atomic mass is 9.82. The summed E-state index contributed by atoms with van der Waals surface area (Å²) in [6, 6.07) is 0. The topological polar surface area (TPSA) is 66.5 Å². The van der Waals surface area contributed by atoms with Crippen molar-refractivity contribution in [1.82, 2.24) is 10.4 Å². The zero-order valence-electron chi connectivity index (χ0n) is 8.67. The van der Waals surface area contributed by atoms with Crippen LogP contribution in [0.2, 0.25) is 0 Å². The molecule has 0 aromatic carbocycles. The number of hydrazine groups is 1. The highest BCUT2D eigenvalue weighted by Crippen LogP contribution is 2.33. The molecular weight excluding hydrogens is 220 g/mol. The molecule has 0 aromatic rings. The maximum atomic E-state index is 11.9. The fourth-order valence-corrected chi connectivity index (χ4v) is 1.80. The lowest BCUT2D eigenvalue weighted by molar-refractivity contribution is -0.147. The molecule has 15 heavy (non-hydrogen) atoms. The number of nitrogens with one attached hydrogen (secondary N) is 1. The summed E-state index contributed by atoms with van der Waals surface area (Å²) < 4.78 is 0. The Morgan fingerprint density at radius 1 is 1.40 bits per heavy atom. The summed E-state index contributed by atoms with van der Waals surface area (Å²) >= 11 is 5.33. The van der Waals surface area contributed by atoms with Crippen molar-refractivity contribution in [1.29, 1.82) is 0 Å². The van der Waals surface area contributed by atoms with E-state index in [-0.39, 0.29) is 5.88 Å². The molecule has 0 saturated carbocycles. The normalized spacial score (nSPS) is 19.3. The summed E-state index contributed by atoms with van der Waals surface area (Å²) in [4.78, 5) is 34.7. The van der Waals surface area contributed by atoms with E-state index < -0.39 is 23.1 Å². The molecule has 6 heteroatoms. The third-order valence-electron chi connectivity index (χ3n) is 2.83. The first-order chi connectivity index (χ1) is 7.03. The van der Waals surface area contributed by atoms with Crippen molar-refractivity contribution in [2.45, 2.75) is 26.7 Å². The number of rotatable bonds is 3. The summed E-state index contributed by atoms with van der Waals surface area (Å²) in [7, 11) is 0. The molecule has 0 aromatic heterocycles. The molecule has 1 aliphatic heterocycles. The second-order valence-corrected chi connectivity index (χ2v) is 3.67. The van der Waals surface area contributed by atoms with E-state index in [1.165, 1.54) is 0 Å². The molecule has 0 bridgehead atoms. The third-order valence-corrected chi connectivity index (χ3v) is 3.06. The Balaban J connectivity index is 3.02. The number of carbonyl (C=O) groups is 3. The quantitative estimate of drug-likeness (QED) is 0.567. The first-order valence-electron chi connectivity index (χ1n) is 4.78. The number of hydrogen-bond donors (Lipinski definition) is 1. The smallest absolute Gasteiger partial charge is 0.263 e. The molecule has 1 heterocycles. The van der Waals surface area contributed by atoms with Crippen LogP contribution >= 0.6 is 11.6 Å². The van der Waals surface area contributed by atoms with E-state index in [1.54, 1.807) is 13.8 Å². The molecule has 0 spiro atoms. The summed E-state index contributed by atoms with van der Waals surface area (Å²) in [6.45, 7) is 3.49. The van der Waals surface area contributed by atoms with Crippen molar-refractivity contribution in [3.8, 4) is 0 Å². The number of imide groups is 1. The van der Waals surface area contributed by atoms with Gasteiger partial charge in [-0.1, -0.05) is 13.8 Å². The van der Waals surface area contributed by atoms with E-state index in [0.29, 0.717) is 12.8 Å². The molecule has 1 N–H and O–H groups in total. The molecule has 1 fully saturated rings. The van der Waals surface area contributed by atoms with Crippen molar-refractivity contribution in [2.75, 3.05) is 5.88 Å². The van der Waals surface area contributed by atoms with Crippen LogP contribution in [0.25, 0.3) is 0 Å². The molecule has 0 atom stereocenters. The Hall–Kier alpha value is -1.10. The average Bonchev–Trinajstić information content (AvgIpc) is 2.50. The Morgan fingerprint density at radius 2 is 1.93 bits per heavy atom. The van der Waals surface area contributed by atoms with Gasteiger partial charge in [0, 0.05) is 0 Å². The van der Waals surface area contributed by atoms with Gasteiger partial charge >= 0.3 is 0 Å². The molecule has 3 amide bonds. The molecule has 84 valence electrons. The second kappa shape index (κ2) is 4.18. The van der Waals surface area contributed by atoms with Crippen LogP contribution in [0.4, 0.5) is 0 Å². The first-order valence-corrected chi connectivity index (χ1v) is 5.31. The molecule has 1 rings (SSSR count). The minimum absolute atomic E-state index is 0.324. The zero-order chi connectivity index (χ0) is 11.6. The molecule has 1 saturated heterocycles. The number of halogens is 1. The van der Waals surface area contributed by atoms with Crippen molar-refractivity contribution in [3.05, 3.63) is 0 Å². The molecule has 0 unspecified atom stereocenters. The van der Waals surface area contributed by atoms with Crippen LogP contribution in [0, 0.1) is 5.41 Å². The summed E-state index contributed by atoms with van der Waals surface area (Å²) in [6.07, 6.45) is 0.750. The highest BCUT2D eigenvalue weighted by molar-refractivity contribution is 6.29. The van der Waals surface area contributed by atoms with E-state index in [1.807, 2.05) is 0 Å². The van der Waals surface area contributed by atoms with Gasteiger partial charge in [-0.05, 0) is 12.8 Å². The Bertz CT molecular complexity index is 312. The fourth-order valence-electron chi connectivity index (χ4n) is 1.68. The van der Waals surface area contributed by atoms with E-state index in [0.717, 1.165) is 5.01 Å². The predicted octanol–water partition coefficient (Wildman–Crippen LogP) is 0.432. The average molecular weight is 233 g/mol. The minimum atomic E-state index is -1.10. The van der Waals surface area contributed by atoms with E-state index in [2.05, 4.69) is 5.43 Å². The van der Waals surface area contributed by atoms with Crippen LogP contribution < -0.4 is 5.43 Å².